The van der Waals surface area contributed by atoms with Crippen LogP contribution in [-0.4, -0.2) is 33.0 Å². The number of aliphatic carboxylic acids is 1. The fourth-order valence-electron chi connectivity index (χ4n) is 1.59. The van der Waals surface area contributed by atoms with Crippen molar-refractivity contribution >= 4 is 36.0 Å². The van der Waals surface area contributed by atoms with Crippen LogP contribution in [0.3, 0.4) is 0 Å². The number of thioether (sulfide) groups is 1. The van der Waals surface area contributed by atoms with E-state index in [4.69, 9.17) is 5.11 Å². The minimum Gasteiger partial charge on any atom is -0.477 e. The number of carbonyl (C=O) groups is 2. The number of rotatable bonds is 2. The molecular weight excluding hydrogens is 238 g/mol. The molecule has 2 rings (SSSR count). The van der Waals surface area contributed by atoms with Crippen LogP contribution in [0.4, 0.5) is 0 Å². The maximum atomic E-state index is 11.2. The lowest BCUT2D eigenvalue weighted by Crippen LogP contribution is -2.53. The molecule has 0 aromatic carbocycles. The molecule has 4 nitrogen and oxygen atoms in total. The largest absolute Gasteiger partial charge is 0.477 e. The van der Waals surface area contributed by atoms with Gasteiger partial charge in [-0.25, -0.2) is 4.79 Å². The Morgan fingerprint density at radius 3 is 2.80 bits per heavy atom. The molecule has 0 radical (unpaired) electrons. The molecule has 0 spiro atoms. The summed E-state index contributed by atoms with van der Waals surface area (Å²) in [6, 6.07) is 0. The lowest BCUT2D eigenvalue weighted by atomic mass is 10.1. The number of hydrogen-bond donors (Lipinski definition) is 1. The van der Waals surface area contributed by atoms with Crippen molar-refractivity contribution in [3.05, 3.63) is 23.9 Å². The van der Waals surface area contributed by atoms with E-state index < -0.39 is 5.97 Å². The molecule has 2 aliphatic heterocycles. The molecule has 2 heterocycles. The minimum absolute atomic E-state index is 0. The molecule has 0 aromatic heterocycles. The third kappa shape index (κ3) is 1.77. The second-order valence-electron chi connectivity index (χ2n) is 3.12. The standard InChI is InChI=1S/C9H9NO3S.ClH/c1-2-5-4-14-7-3-6(11)10(7)8(5)9(12)13;/h2,7H,1,3-4H2,(H,12,13);1H. The quantitative estimate of drug-likeness (QED) is 0.746. The predicted molar refractivity (Wildman–Crippen MR) is 59.8 cm³/mol. The Labute approximate surface area is 97.4 Å². The van der Waals surface area contributed by atoms with Gasteiger partial charge in [0, 0.05) is 5.75 Å². The van der Waals surface area contributed by atoms with E-state index in [1.165, 1.54) is 11.0 Å². The topological polar surface area (TPSA) is 57.6 Å². The van der Waals surface area contributed by atoms with Crippen molar-refractivity contribution in [1.82, 2.24) is 4.90 Å². The first-order valence-corrected chi connectivity index (χ1v) is 5.22. The van der Waals surface area contributed by atoms with Crippen LogP contribution in [0, 0.1) is 0 Å². The monoisotopic (exact) mass is 247 g/mol. The van der Waals surface area contributed by atoms with Gasteiger partial charge in [-0.2, -0.15) is 0 Å². The van der Waals surface area contributed by atoms with E-state index in [1.54, 1.807) is 11.8 Å². The highest BCUT2D eigenvalue weighted by molar-refractivity contribution is 8.00. The van der Waals surface area contributed by atoms with E-state index in [0.717, 1.165) is 0 Å². The number of carboxylic acids is 1. The van der Waals surface area contributed by atoms with Crippen LogP contribution in [0.1, 0.15) is 6.42 Å². The lowest BCUT2D eigenvalue weighted by molar-refractivity contribution is -0.146. The molecule has 82 valence electrons. The van der Waals surface area contributed by atoms with E-state index in [2.05, 4.69) is 6.58 Å². The fourth-order valence-corrected chi connectivity index (χ4v) is 2.85. The number of fused-ring (bicyclic) bond motifs is 1. The maximum absolute atomic E-state index is 11.2. The van der Waals surface area contributed by atoms with Crippen LogP contribution < -0.4 is 0 Å². The van der Waals surface area contributed by atoms with E-state index in [9.17, 15) is 9.59 Å². The zero-order chi connectivity index (χ0) is 10.3. The van der Waals surface area contributed by atoms with Crippen LogP contribution in [0.15, 0.2) is 23.9 Å². The summed E-state index contributed by atoms with van der Waals surface area (Å²) in [6.07, 6.45) is 1.96. The molecule has 1 saturated heterocycles. The van der Waals surface area contributed by atoms with Gasteiger partial charge < -0.3 is 5.11 Å². The molecule has 0 bridgehead atoms. The molecule has 1 unspecified atom stereocenters. The number of nitrogens with zero attached hydrogens (tertiary/aromatic N) is 1. The molecule has 15 heavy (non-hydrogen) atoms. The Balaban J connectivity index is 0.00000112. The van der Waals surface area contributed by atoms with Gasteiger partial charge >= 0.3 is 5.97 Å². The summed E-state index contributed by atoms with van der Waals surface area (Å²) in [5, 5.41) is 9.00. The molecular formula is C9H10ClNO3S. The summed E-state index contributed by atoms with van der Waals surface area (Å²) in [4.78, 5) is 23.5. The van der Waals surface area contributed by atoms with Gasteiger partial charge in [0.2, 0.25) is 5.91 Å². The summed E-state index contributed by atoms with van der Waals surface area (Å²) in [6.45, 7) is 3.55. The molecule has 6 heteroatoms. The zero-order valence-corrected chi connectivity index (χ0v) is 9.44. The fraction of sp³-hybridized carbons (Fsp3) is 0.333. The highest BCUT2D eigenvalue weighted by atomic mass is 35.5. The third-order valence-corrected chi connectivity index (χ3v) is 3.57. The molecule has 0 saturated carbocycles. The molecule has 1 N–H and O–H groups in total. The van der Waals surface area contributed by atoms with E-state index in [1.807, 2.05) is 0 Å². The van der Waals surface area contributed by atoms with Crippen molar-refractivity contribution in [1.29, 1.82) is 0 Å². The minimum atomic E-state index is -1.04. The van der Waals surface area contributed by atoms with Gasteiger partial charge in [-0.15, -0.1) is 24.2 Å². The number of amides is 1. The van der Waals surface area contributed by atoms with Gasteiger partial charge in [-0.05, 0) is 5.57 Å². The van der Waals surface area contributed by atoms with Gasteiger partial charge in [0.05, 0.1) is 11.8 Å². The van der Waals surface area contributed by atoms with Gasteiger partial charge in [-0.3, -0.25) is 9.69 Å². The van der Waals surface area contributed by atoms with Crippen molar-refractivity contribution in [3.63, 3.8) is 0 Å². The second-order valence-corrected chi connectivity index (χ2v) is 4.28. The van der Waals surface area contributed by atoms with Crippen LogP contribution in [0.25, 0.3) is 0 Å². The van der Waals surface area contributed by atoms with Crippen molar-refractivity contribution in [2.75, 3.05) is 5.75 Å². The number of halogens is 1. The molecule has 1 amide bonds. The number of hydrogen-bond acceptors (Lipinski definition) is 3. The molecule has 0 aromatic rings. The highest BCUT2D eigenvalue weighted by Crippen LogP contribution is 2.39. The van der Waals surface area contributed by atoms with Gasteiger partial charge in [0.25, 0.3) is 0 Å². The van der Waals surface area contributed by atoms with Crippen LogP contribution in [0.5, 0.6) is 0 Å². The average Bonchev–Trinajstić information content (AvgIpc) is 2.15. The lowest BCUT2D eigenvalue weighted by Gasteiger charge is -2.43. The molecule has 1 atom stereocenters. The SMILES string of the molecule is C=CC1=C(C(=O)O)N2C(=O)CC2SC1.Cl. The Morgan fingerprint density at radius 1 is 1.67 bits per heavy atom. The van der Waals surface area contributed by atoms with E-state index in [-0.39, 0.29) is 29.4 Å². The molecule has 0 aliphatic carbocycles. The normalized spacial score (nSPS) is 23.9. The average molecular weight is 248 g/mol. The Hall–Kier alpha value is -0.940. The maximum Gasteiger partial charge on any atom is 0.352 e. The number of allylic oxidation sites excluding steroid dienone is 1. The van der Waals surface area contributed by atoms with Crippen LogP contribution in [-0.2, 0) is 9.59 Å². The van der Waals surface area contributed by atoms with Crippen molar-refractivity contribution < 1.29 is 14.7 Å². The first kappa shape index (κ1) is 12.1. The third-order valence-electron chi connectivity index (χ3n) is 2.33. The number of β-lactam (4-membered cyclic amide) rings is 1. The van der Waals surface area contributed by atoms with Gasteiger partial charge in [0.1, 0.15) is 5.70 Å². The van der Waals surface area contributed by atoms with E-state index in [0.29, 0.717) is 17.7 Å². The van der Waals surface area contributed by atoms with Crippen LogP contribution in [0.2, 0.25) is 0 Å². The number of carbonyl (C=O) groups excluding carboxylic acids is 1. The first-order chi connectivity index (χ1) is 6.65. The molecule has 2 aliphatic rings. The van der Waals surface area contributed by atoms with Gasteiger partial charge in [0.15, 0.2) is 0 Å². The summed E-state index contributed by atoms with van der Waals surface area (Å²) < 4.78 is 0. The summed E-state index contributed by atoms with van der Waals surface area (Å²) >= 11 is 1.58. The van der Waals surface area contributed by atoms with Crippen molar-refractivity contribution in [2.24, 2.45) is 0 Å². The summed E-state index contributed by atoms with van der Waals surface area (Å²) in [5.41, 5.74) is 0.742. The van der Waals surface area contributed by atoms with Crippen molar-refractivity contribution in [2.45, 2.75) is 11.8 Å². The van der Waals surface area contributed by atoms with Crippen molar-refractivity contribution in [3.8, 4) is 0 Å². The molecule has 1 fully saturated rings. The zero-order valence-electron chi connectivity index (χ0n) is 7.80. The van der Waals surface area contributed by atoms with E-state index >= 15 is 0 Å². The second kappa shape index (κ2) is 4.28. The first-order valence-electron chi connectivity index (χ1n) is 4.17. The Bertz CT molecular complexity index is 366. The number of carboxylic acid groups (broad SMARTS) is 1. The Morgan fingerprint density at radius 2 is 2.33 bits per heavy atom. The summed E-state index contributed by atoms with van der Waals surface area (Å²) in [7, 11) is 0. The predicted octanol–water partition coefficient (Wildman–Crippen LogP) is 1.24. The van der Waals surface area contributed by atoms with Gasteiger partial charge in [-0.1, -0.05) is 12.7 Å². The highest BCUT2D eigenvalue weighted by Gasteiger charge is 2.44. The Kier molecular flexibility index (Phi) is 3.46. The smallest absolute Gasteiger partial charge is 0.352 e. The van der Waals surface area contributed by atoms with Crippen LogP contribution >= 0.6 is 24.2 Å². The summed E-state index contributed by atoms with van der Waals surface area (Å²) in [5.74, 6) is -0.531.